The zero-order valence-electron chi connectivity index (χ0n) is 10.3. The van der Waals surface area contributed by atoms with Gasteiger partial charge in [0.15, 0.2) is 5.78 Å². The Labute approximate surface area is 111 Å². The largest absolute Gasteiger partial charge is 0.497 e. The smallest absolute Gasteiger partial charge is 0.159 e. The number of ether oxygens (including phenoxy) is 1. The standard InChI is InChI=1S/C15H14O2S/c1-11(16)12-6-8-14(9-7-12)18-15-5-3-4-13(10-15)17-2/h3-10H,1-2H3. The maximum Gasteiger partial charge on any atom is 0.159 e. The second kappa shape index (κ2) is 5.74. The van der Waals surface area contributed by atoms with Crippen LogP contribution in [0.3, 0.4) is 0 Å². The first kappa shape index (κ1) is 12.7. The number of carbonyl (C=O) groups excluding carboxylic acids is 1. The van der Waals surface area contributed by atoms with Gasteiger partial charge in [-0.2, -0.15) is 0 Å². The summed E-state index contributed by atoms with van der Waals surface area (Å²) in [5.41, 5.74) is 0.741. The van der Waals surface area contributed by atoms with Crippen molar-refractivity contribution in [1.29, 1.82) is 0 Å². The Bertz CT molecular complexity index is 547. The van der Waals surface area contributed by atoms with Gasteiger partial charge in [-0.25, -0.2) is 0 Å². The number of ketones is 1. The van der Waals surface area contributed by atoms with E-state index in [-0.39, 0.29) is 5.78 Å². The van der Waals surface area contributed by atoms with Crippen molar-refractivity contribution in [3.63, 3.8) is 0 Å². The second-order valence-corrected chi connectivity index (χ2v) is 5.01. The highest BCUT2D eigenvalue weighted by Gasteiger charge is 2.01. The van der Waals surface area contributed by atoms with Gasteiger partial charge >= 0.3 is 0 Å². The van der Waals surface area contributed by atoms with Gasteiger partial charge < -0.3 is 4.74 Å². The predicted molar refractivity (Wildman–Crippen MR) is 73.6 cm³/mol. The van der Waals surface area contributed by atoms with E-state index in [0.29, 0.717) is 0 Å². The van der Waals surface area contributed by atoms with Gasteiger partial charge in [-0.15, -0.1) is 0 Å². The number of hydrogen-bond acceptors (Lipinski definition) is 3. The van der Waals surface area contributed by atoms with Crippen molar-refractivity contribution in [2.75, 3.05) is 7.11 Å². The predicted octanol–water partition coefficient (Wildman–Crippen LogP) is 4.05. The molecule has 0 aliphatic carbocycles. The van der Waals surface area contributed by atoms with Crippen molar-refractivity contribution in [3.8, 4) is 5.75 Å². The van der Waals surface area contributed by atoms with Gasteiger partial charge in [-0.05, 0) is 37.3 Å². The highest BCUT2D eigenvalue weighted by molar-refractivity contribution is 7.99. The highest BCUT2D eigenvalue weighted by Crippen LogP contribution is 2.30. The monoisotopic (exact) mass is 258 g/mol. The van der Waals surface area contributed by atoms with Crippen LogP contribution < -0.4 is 4.74 Å². The van der Waals surface area contributed by atoms with E-state index < -0.39 is 0 Å². The summed E-state index contributed by atoms with van der Waals surface area (Å²) in [6, 6.07) is 15.5. The molecular weight excluding hydrogens is 244 g/mol. The Kier molecular flexibility index (Phi) is 4.05. The summed E-state index contributed by atoms with van der Waals surface area (Å²) in [6.45, 7) is 1.57. The van der Waals surface area contributed by atoms with Gasteiger partial charge in [0.25, 0.3) is 0 Å². The molecule has 0 aromatic heterocycles. The van der Waals surface area contributed by atoms with Gasteiger partial charge in [0.2, 0.25) is 0 Å². The quantitative estimate of drug-likeness (QED) is 0.774. The Morgan fingerprint density at radius 3 is 2.39 bits per heavy atom. The minimum Gasteiger partial charge on any atom is -0.497 e. The third-order valence-corrected chi connectivity index (χ3v) is 3.54. The summed E-state index contributed by atoms with van der Waals surface area (Å²) in [6.07, 6.45) is 0. The highest BCUT2D eigenvalue weighted by atomic mass is 32.2. The number of carbonyl (C=O) groups is 1. The summed E-state index contributed by atoms with van der Waals surface area (Å²) in [5.74, 6) is 0.938. The first-order valence-corrected chi connectivity index (χ1v) is 6.43. The average Bonchev–Trinajstić information content (AvgIpc) is 2.39. The van der Waals surface area contributed by atoms with Gasteiger partial charge in [-0.1, -0.05) is 30.0 Å². The van der Waals surface area contributed by atoms with Crippen LogP contribution in [-0.4, -0.2) is 12.9 Å². The van der Waals surface area contributed by atoms with Crippen LogP contribution in [0.2, 0.25) is 0 Å². The third-order valence-electron chi connectivity index (χ3n) is 2.54. The third kappa shape index (κ3) is 3.14. The Hall–Kier alpha value is -1.74. The molecule has 0 saturated carbocycles. The number of methoxy groups -OCH3 is 1. The van der Waals surface area contributed by atoms with Crippen LogP contribution in [0, 0.1) is 0 Å². The molecule has 2 rings (SSSR count). The average molecular weight is 258 g/mol. The van der Waals surface area contributed by atoms with Crippen LogP contribution in [0.25, 0.3) is 0 Å². The molecule has 0 bridgehead atoms. The maximum absolute atomic E-state index is 11.2. The fourth-order valence-electron chi connectivity index (χ4n) is 1.56. The van der Waals surface area contributed by atoms with Gasteiger partial charge in [0, 0.05) is 15.4 Å². The van der Waals surface area contributed by atoms with Crippen molar-refractivity contribution in [1.82, 2.24) is 0 Å². The van der Waals surface area contributed by atoms with Crippen LogP contribution in [0.1, 0.15) is 17.3 Å². The zero-order chi connectivity index (χ0) is 13.0. The second-order valence-electron chi connectivity index (χ2n) is 3.86. The summed E-state index contributed by atoms with van der Waals surface area (Å²) in [7, 11) is 1.66. The molecule has 2 aromatic carbocycles. The Morgan fingerprint density at radius 1 is 1.06 bits per heavy atom. The first-order valence-electron chi connectivity index (χ1n) is 5.62. The molecule has 92 valence electrons. The van der Waals surface area contributed by atoms with Crippen LogP contribution in [0.15, 0.2) is 58.3 Å². The van der Waals surface area contributed by atoms with E-state index in [2.05, 4.69) is 0 Å². The maximum atomic E-state index is 11.2. The molecule has 0 atom stereocenters. The van der Waals surface area contributed by atoms with Crippen molar-refractivity contribution < 1.29 is 9.53 Å². The van der Waals surface area contributed by atoms with Crippen molar-refractivity contribution in [3.05, 3.63) is 54.1 Å². The fraction of sp³-hybridized carbons (Fsp3) is 0.133. The lowest BCUT2D eigenvalue weighted by Crippen LogP contribution is -1.90. The lowest BCUT2D eigenvalue weighted by molar-refractivity contribution is 0.101. The molecule has 0 aliphatic heterocycles. The summed E-state index contributed by atoms with van der Waals surface area (Å²) < 4.78 is 5.19. The molecule has 0 radical (unpaired) electrons. The van der Waals surface area contributed by atoms with Crippen LogP contribution in [0.5, 0.6) is 5.75 Å². The molecule has 18 heavy (non-hydrogen) atoms. The molecule has 3 heteroatoms. The minimum absolute atomic E-state index is 0.0907. The Balaban J connectivity index is 2.15. The molecule has 0 amide bonds. The van der Waals surface area contributed by atoms with Gasteiger partial charge in [-0.3, -0.25) is 4.79 Å². The van der Waals surface area contributed by atoms with Crippen molar-refractivity contribution in [2.45, 2.75) is 16.7 Å². The molecule has 0 saturated heterocycles. The van der Waals surface area contributed by atoms with Crippen LogP contribution in [0.4, 0.5) is 0 Å². The molecule has 0 aliphatic rings. The first-order chi connectivity index (χ1) is 8.69. The van der Waals surface area contributed by atoms with Crippen molar-refractivity contribution in [2.24, 2.45) is 0 Å². The van der Waals surface area contributed by atoms with E-state index >= 15 is 0 Å². The van der Waals surface area contributed by atoms with E-state index in [0.717, 1.165) is 21.1 Å². The SMILES string of the molecule is COc1cccc(Sc2ccc(C(C)=O)cc2)c1. The molecule has 0 unspecified atom stereocenters. The van der Waals surface area contributed by atoms with E-state index in [4.69, 9.17) is 4.74 Å². The zero-order valence-corrected chi connectivity index (χ0v) is 11.2. The topological polar surface area (TPSA) is 26.3 Å². The molecule has 0 N–H and O–H groups in total. The Morgan fingerprint density at radius 2 is 1.78 bits per heavy atom. The molecule has 0 spiro atoms. The molecular formula is C15H14O2S. The van der Waals surface area contributed by atoms with Gasteiger partial charge in [0.05, 0.1) is 7.11 Å². The number of benzene rings is 2. The normalized spacial score (nSPS) is 10.1. The van der Waals surface area contributed by atoms with E-state index in [1.807, 2.05) is 48.5 Å². The lowest BCUT2D eigenvalue weighted by Gasteiger charge is -2.04. The number of rotatable bonds is 4. The summed E-state index contributed by atoms with van der Waals surface area (Å²) in [4.78, 5) is 13.4. The summed E-state index contributed by atoms with van der Waals surface area (Å²) in [5, 5.41) is 0. The van der Waals surface area contributed by atoms with Crippen molar-refractivity contribution >= 4 is 17.5 Å². The molecule has 2 aromatic rings. The number of hydrogen-bond donors (Lipinski definition) is 0. The van der Waals surface area contributed by atoms with E-state index in [1.54, 1.807) is 25.8 Å². The lowest BCUT2D eigenvalue weighted by atomic mass is 10.2. The van der Waals surface area contributed by atoms with E-state index in [1.165, 1.54) is 0 Å². The van der Waals surface area contributed by atoms with Gasteiger partial charge in [0.1, 0.15) is 5.75 Å². The minimum atomic E-state index is 0.0907. The molecule has 0 fully saturated rings. The number of Topliss-reactive ketones (excluding diaryl/α,β-unsaturated/α-hetero) is 1. The summed E-state index contributed by atoms with van der Waals surface area (Å²) >= 11 is 1.65. The van der Waals surface area contributed by atoms with E-state index in [9.17, 15) is 4.79 Å². The van der Waals surface area contributed by atoms with Crippen LogP contribution >= 0.6 is 11.8 Å². The van der Waals surface area contributed by atoms with Crippen LogP contribution in [-0.2, 0) is 0 Å². The molecule has 2 nitrogen and oxygen atoms in total. The molecule has 0 heterocycles. The fourth-order valence-corrected chi connectivity index (χ4v) is 2.42.